The molecule has 0 saturated carbocycles. The summed E-state index contributed by atoms with van der Waals surface area (Å²) < 4.78 is 18.4. The number of guanidine groups is 1. The number of ether oxygens (including phenoxy) is 1. The van der Waals surface area contributed by atoms with E-state index in [-0.39, 0.29) is 29.8 Å². The molecule has 0 fully saturated rings. The fraction of sp³-hybridized carbons (Fsp3) is 0.474. The lowest BCUT2D eigenvalue weighted by Crippen LogP contribution is -2.37. The van der Waals surface area contributed by atoms with Crippen molar-refractivity contribution in [3.05, 3.63) is 45.7 Å². The predicted octanol–water partition coefficient (Wildman–Crippen LogP) is 4.43. The first-order chi connectivity index (χ1) is 12.6. The van der Waals surface area contributed by atoms with E-state index < -0.39 is 0 Å². The van der Waals surface area contributed by atoms with Gasteiger partial charge in [-0.1, -0.05) is 0 Å². The highest BCUT2D eigenvalue weighted by Crippen LogP contribution is 2.17. The Morgan fingerprint density at radius 2 is 1.93 bits per heavy atom. The van der Waals surface area contributed by atoms with Crippen molar-refractivity contribution in [2.75, 3.05) is 19.7 Å². The number of thiazole rings is 1. The van der Waals surface area contributed by atoms with E-state index in [2.05, 4.69) is 27.5 Å². The van der Waals surface area contributed by atoms with E-state index in [9.17, 15) is 4.39 Å². The Labute approximate surface area is 181 Å². The molecular formula is C19H28FIN4OS. The van der Waals surface area contributed by atoms with Gasteiger partial charge in [0, 0.05) is 18.0 Å². The largest absolute Gasteiger partial charge is 0.494 e. The molecule has 0 aliphatic carbocycles. The molecule has 2 rings (SSSR count). The zero-order valence-corrected chi connectivity index (χ0v) is 19.2. The van der Waals surface area contributed by atoms with Crippen LogP contribution in [0.4, 0.5) is 4.39 Å². The van der Waals surface area contributed by atoms with E-state index in [4.69, 9.17) is 4.74 Å². The smallest absolute Gasteiger partial charge is 0.191 e. The molecule has 1 aromatic heterocycles. The molecule has 1 heterocycles. The number of unbranched alkanes of at least 4 members (excludes halogenated alkanes) is 1. The van der Waals surface area contributed by atoms with Crippen LogP contribution in [0.5, 0.6) is 5.75 Å². The number of hydrogen-bond donors (Lipinski definition) is 2. The third kappa shape index (κ3) is 8.87. The summed E-state index contributed by atoms with van der Waals surface area (Å²) in [5, 5.41) is 7.61. The summed E-state index contributed by atoms with van der Waals surface area (Å²) in [5.41, 5.74) is 1.08. The summed E-state index contributed by atoms with van der Waals surface area (Å²) >= 11 is 1.69. The predicted molar refractivity (Wildman–Crippen MR) is 121 cm³/mol. The van der Waals surface area contributed by atoms with Crippen molar-refractivity contribution >= 4 is 41.3 Å². The number of hydrogen-bond acceptors (Lipinski definition) is 4. The normalized spacial score (nSPS) is 11.0. The average Bonchev–Trinajstić information content (AvgIpc) is 2.95. The highest BCUT2D eigenvalue weighted by atomic mass is 127. The number of nitrogens with zero attached hydrogens (tertiary/aromatic N) is 2. The molecule has 0 saturated heterocycles. The second kappa shape index (κ2) is 12.9. The number of aliphatic imine (C=N–C) groups is 1. The molecule has 2 N–H and O–H groups in total. The van der Waals surface area contributed by atoms with E-state index in [1.807, 2.05) is 13.8 Å². The molecule has 5 nitrogen and oxygen atoms in total. The van der Waals surface area contributed by atoms with Crippen LogP contribution in [0.2, 0.25) is 0 Å². The highest BCUT2D eigenvalue weighted by Gasteiger charge is 2.04. The zero-order valence-electron chi connectivity index (χ0n) is 16.0. The van der Waals surface area contributed by atoms with E-state index in [1.165, 1.54) is 17.0 Å². The number of aromatic nitrogens is 1. The maximum atomic E-state index is 12.8. The average molecular weight is 506 g/mol. The van der Waals surface area contributed by atoms with Crippen molar-refractivity contribution in [1.29, 1.82) is 0 Å². The van der Waals surface area contributed by atoms with Crippen molar-refractivity contribution < 1.29 is 9.13 Å². The SMILES string of the molecule is CCNC(=NCc1nc(C)c(C)s1)NCCCCOc1ccc(F)cc1.I. The molecule has 0 spiro atoms. The van der Waals surface area contributed by atoms with Gasteiger partial charge in [-0.3, -0.25) is 0 Å². The Balaban J connectivity index is 0.00000364. The number of rotatable bonds is 9. The summed E-state index contributed by atoms with van der Waals surface area (Å²) in [6.45, 7) is 8.98. The topological polar surface area (TPSA) is 58.5 Å². The van der Waals surface area contributed by atoms with Crippen LogP contribution in [0.1, 0.15) is 35.3 Å². The van der Waals surface area contributed by atoms with Crippen LogP contribution in [0.25, 0.3) is 0 Å². The molecular weight excluding hydrogens is 478 g/mol. The van der Waals surface area contributed by atoms with Crippen LogP contribution in [0.15, 0.2) is 29.3 Å². The van der Waals surface area contributed by atoms with Gasteiger partial charge in [0.25, 0.3) is 0 Å². The lowest BCUT2D eigenvalue weighted by Gasteiger charge is -2.11. The van der Waals surface area contributed by atoms with Crippen LogP contribution in [-0.4, -0.2) is 30.6 Å². The first kappa shape index (κ1) is 23.6. The minimum absolute atomic E-state index is 0. The monoisotopic (exact) mass is 506 g/mol. The Hall–Kier alpha value is -1.42. The van der Waals surface area contributed by atoms with Gasteiger partial charge in [0.1, 0.15) is 16.6 Å². The molecule has 0 aliphatic heterocycles. The third-order valence-corrected chi connectivity index (χ3v) is 4.79. The van der Waals surface area contributed by atoms with Gasteiger partial charge in [0.15, 0.2) is 5.96 Å². The Morgan fingerprint density at radius 1 is 1.19 bits per heavy atom. The van der Waals surface area contributed by atoms with Gasteiger partial charge in [-0.15, -0.1) is 35.3 Å². The van der Waals surface area contributed by atoms with Crippen molar-refractivity contribution in [3.8, 4) is 5.75 Å². The van der Waals surface area contributed by atoms with Gasteiger partial charge in [-0.05, 0) is 57.9 Å². The van der Waals surface area contributed by atoms with E-state index in [0.29, 0.717) is 18.9 Å². The summed E-state index contributed by atoms with van der Waals surface area (Å²) in [4.78, 5) is 10.3. The molecule has 0 bridgehead atoms. The quantitative estimate of drug-likeness (QED) is 0.229. The summed E-state index contributed by atoms with van der Waals surface area (Å²) in [7, 11) is 0. The summed E-state index contributed by atoms with van der Waals surface area (Å²) in [6.07, 6.45) is 1.87. The maximum Gasteiger partial charge on any atom is 0.191 e. The molecule has 8 heteroatoms. The minimum atomic E-state index is -0.250. The van der Waals surface area contributed by atoms with Gasteiger partial charge >= 0.3 is 0 Å². The molecule has 0 atom stereocenters. The lowest BCUT2D eigenvalue weighted by molar-refractivity contribution is 0.306. The zero-order chi connectivity index (χ0) is 18.8. The van der Waals surface area contributed by atoms with E-state index in [1.54, 1.807) is 23.5 Å². The first-order valence-corrected chi connectivity index (χ1v) is 9.73. The molecule has 27 heavy (non-hydrogen) atoms. The minimum Gasteiger partial charge on any atom is -0.494 e. The van der Waals surface area contributed by atoms with Crippen LogP contribution in [0, 0.1) is 19.7 Å². The van der Waals surface area contributed by atoms with Gasteiger partial charge in [-0.25, -0.2) is 14.4 Å². The summed E-state index contributed by atoms with van der Waals surface area (Å²) in [5.74, 6) is 1.25. The number of aryl methyl sites for hydroxylation is 2. The second-order valence-corrected chi connectivity index (χ2v) is 7.17. The summed E-state index contributed by atoms with van der Waals surface area (Å²) in [6, 6.07) is 6.10. The van der Waals surface area contributed by atoms with Crippen molar-refractivity contribution in [1.82, 2.24) is 15.6 Å². The molecule has 1 aromatic carbocycles. The number of benzene rings is 1. The van der Waals surface area contributed by atoms with Gasteiger partial charge < -0.3 is 15.4 Å². The van der Waals surface area contributed by atoms with Crippen LogP contribution < -0.4 is 15.4 Å². The van der Waals surface area contributed by atoms with Crippen molar-refractivity contribution in [2.45, 2.75) is 40.2 Å². The van der Waals surface area contributed by atoms with Crippen LogP contribution >= 0.6 is 35.3 Å². The van der Waals surface area contributed by atoms with E-state index >= 15 is 0 Å². The van der Waals surface area contributed by atoms with Gasteiger partial charge in [0.05, 0.1) is 18.8 Å². The molecule has 0 amide bonds. The molecule has 0 aliphatic rings. The standard InChI is InChI=1S/C19H27FN4OS.HI/c1-4-21-19(23-13-18-24-14(2)15(3)26-18)22-11-5-6-12-25-17-9-7-16(20)8-10-17;/h7-10H,4-6,11-13H2,1-3H3,(H2,21,22,23);1H. The van der Waals surface area contributed by atoms with Crippen LogP contribution in [0.3, 0.4) is 0 Å². The Bertz CT molecular complexity index is 687. The fourth-order valence-electron chi connectivity index (χ4n) is 2.25. The van der Waals surface area contributed by atoms with Gasteiger partial charge in [0.2, 0.25) is 0 Å². The molecule has 150 valence electrons. The highest BCUT2D eigenvalue weighted by molar-refractivity contribution is 14.0. The van der Waals surface area contributed by atoms with E-state index in [0.717, 1.165) is 42.6 Å². The molecule has 0 radical (unpaired) electrons. The number of nitrogens with one attached hydrogen (secondary N) is 2. The lowest BCUT2D eigenvalue weighted by atomic mass is 10.3. The van der Waals surface area contributed by atoms with Crippen LogP contribution in [-0.2, 0) is 6.54 Å². The second-order valence-electron chi connectivity index (χ2n) is 5.88. The van der Waals surface area contributed by atoms with Crippen molar-refractivity contribution in [2.24, 2.45) is 4.99 Å². The first-order valence-electron chi connectivity index (χ1n) is 8.92. The van der Waals surface area contributed by atoms with Crippen molar-refractivity contribution in [3.63, 3.8) is 0 Å². The Morgan fingerprint density at radius 3 is 2.56 bits per heavy atom. The fourth-order valence-corrected chi connectivity index (χ4v) is 3.11. The molecule has 2 aromatic rings. The molecule has 0 unspecified atom stereocenters. The maximum absolute atomic E-state index is 12.8. The Kier molecular flexibility index (Phi) is 11.3. The number of halogens is 2. The third-order valence-electron chi connectivity index (χ3n) is 3.74. The van der Waals surface area contributed by atoms with Gasteiger partial charge in [-0.2, -0.15) is 0 Å².